The first-order chi connectivity index (χ1) is 8.71. The minimum atomic E-state index is -3.79. The summed E-state index contributed by atoms with van der Waals surface area (Å²) in [7, 11) is 0.138. The second-order valence-corrected chi connectivity index (χ2v) is 8.40. The zero-order valence-electron chi connectivity index (χ0n) is 10.3. The molecule has 0 bridgehead atoms. The quantitative estimate of drug-likeness (QED) is 0.786. The van der Waals surface area contributed by atoms with Crippen LogP contribution in [0, 0.1) is 0 Å². The molecule has 6 nitrogen and oxygen atoms in total. The number of methoxy groups -OCH3 is 1. The zero-order valence-corrected chi connectivity index (χ0v) is 12.7. The third-order valence-corrected chi connectivity index (χ3v) is 4.98. The predicted octanol–water partition coefficient (Wildman–Crippen LogP) is 0.949. The van der Waals surface area contributed by atoms with E-state index in [-0.39, 0.29) is 11.1 Å². The third-order valence-electron chi connectivity index (χ3n) is 2.42. The smallest absolute Gasteiger partial charge is 0.242 e. The molecular formula is C10H14ClNO5S2. The Morgan fingerprint density at radius 1 is 1.26 bits per heavy atom. The first kappa shape index (κ1) is 16.4. The van der Waals surface area contributed by atoms with Gasteiger partial charge in [0.15, 0.2) is 5.44 Å². The summed E-state index contributed by atoms with van der Waals surface area (Å²) in [5.41, 5.74) is -0.779. The Bertz CT molecular complexity index is 642. The molecule has 1 atom stereocenters. The molecule has 19 heavy (non-hydrogen) atoms. The van der Waals surface area contributed by atoms with Crippen molar-refractivity contribution in [1.29, 1.82) is 0 Å². The lowest BCUT2D eigenvalue weighted by atomic mass is 10.1. The normalized spacial score (nSPS) is 14.3. The molecule has 1 aromatic rings. The summed E-state index contributed by atoms with van der Waals surface area (Å²) in [6.07, 6.45) is 0. The van der Waals surface area contributed by atoms with E-state index in [2.05, 4.69) is 4.72 Å². The number of ether oxygens (including phenoxy) is 1. The number of hydrogen-bond donors (Lipinski definition) is 1. The largest absolute Gasteiger partial charge is 0.359 e. The van der Waals surface area contributed by atoms with Crippen LogP contribution < -0.4 is 4.72 Å². The molecule has 9 heteroatoms. The number of rotatable bonds is 6. The Labute approximate surface area is 117 Å². The molecule has 108 valence electrons. The van der Waals surface area contributed by atoms with E-state index in [1.807, 2.05) is 0 Å². The van der Waals surface area contributed by atoms with Crippen LogP contribution in [0.15, 0.2) is 24.3 Å². The topological polar surface area (TPSA) is 89.5 Å². The Kier molecular flexibility index (Phi) is 5.34. The minimum absolute atomic E-state index is 0.239. The lowest BCUT2D eigenvalue weighted by molar-refractivity contribution is 0.164. The van der Waals surface area contributed by atoms with Gasteiger partial charge in [-0.25, -0.2) is 21.6 Å². The number of nitrogens with one attached hydrogen (secondary N) is 1. The van der Waals surface area contributed by atoms with Crippen LogP contribution in [-0.2, 0) is 29.6 Å². The number of sulfonamides is 1. The van der Waals surface area contributed by atoms with Gasteiger partial charge < -0.3 is 4.74 Å². The van der Waals surface area contributed by atoms with Gasteiger partial charge in [-0.2, -0.15) is 0 Å². The molecule has 0 saturated heterocycles. The highest BCUT2D eigenvalue weighted by atomic mass is 35.7. The summed E-state index contributed by atoms with van der Waals surface area (Å²) < 4.78 is 53.1. The molecule has 0 aliphatic carbocycles. The Hall–Kier alpha value is -0.670. The van der Waals surface area contributed by atoms with E-state index in [9.17, 15) is 16.8 Å². The van der Waals surface area contributed by atoms with Gasteiger partial charge >= 0.3 is 0 Å². The molecule has 0 saturated carbocycles. The first-order valence-electron chi connectivity index (χ1n) is 5.16. The van der Waals surface area contributed by atoms with Crippen LogP contribution in [0.4, 0.5) is 0 Å². The predicted molar refractivity (Wildman–Crippen MR) is 72.6 cm³/mol. The fraction of sp³-hybridized carbons (Fsp3) is 0.400. The van der Waals surface area contributed by atoms with Crippen LogP contribution in [0.5, 0.6) is 0 Å². The molecule has 0 amide bonds. The van der Waals surface area contributed by atoms with Crippen molar-refractivity contribution < 1.29 is 21.6 Å². The summed E-state index contributed by atoms with van der Waals surface area (Å²) in [6.45, 7) is 0. The van der Waals surface area contributed by atoms with Crippen molar-refractivity contribution in [3.8, 4) is 0 Å². The monoisotopic (exact) mass is 327 g/mol. The van der Waals surface area contributed by atoms with Gasteiger partial charge in [0.05, 0.1) is 5.75 Å². The molecule has 1 aromatic carbocycles. The lowest BCUT2D eigenvalue weighted by Crippen LogP contribution is -2.27. The van der Waals surface area contributed by atoms with Crippen molar-refractivity contribution in [1.82, 2.24) is 4.72 Å². The summed E-state index contributed by atoms with van der Waals surface area (Å²) >= 11 is 0. The third kappa shape index (κ3) is 4.43. The molecule has 0 aliphatic rings. The Balaban J connectivity index is 3.34. The van der Waals surface area contributed by atoms with Gasteiger partial charge in [-0.1, -0.05) is 24.3 Å². The SMILES string of the molecule is CNS(=O)(=O)C(OC)c1ccccc1CS(=O)(=O)Cl. The Morgan fingerprint density at radius 2 is 1.84 bits per heavy atom. The Morgan fingerprint density at radius 3 is 2.32 bits per heavy atom. The van der Waals surface area contributed by atoms with E-state index in [1.165, 1.54) is 26.3 Å². The maximum absolute atomic E-state index is 11.8. The van der Waals surface area contributed by atoms with Crippen LogP contribution in [0.25, 0.3) is 0 Å². The van der Waals surface area contributed by atoms with Crippen molar-refractivity contribution >= 4 is 29.8 Å². The number of hydrogen-bond acceptors (Lipinski definition) is 5. The highest BCUT2D eigenvalue weighted by molar-refractivity contribution is 8.13. The maximum Gasteiger partial charge on any atom is 0.242 e. The van der Waals surface area contributed by atoms with Gasteiger partial charge in [-0.05, 0) is 12.6 Å². The van der Waals surface area contributed by atoms with E-state index in [0.717, 1.165) is 0 Å². The lowest BCUT2D eigenvalue weighted by Gasteiger charge is -2.18. The van der Waals surface area contributed by atoms with Crippen molar-refractivity contribution in [2.45, 2.75) is 11.2 Å². The van der Waals surface area contributed by atoms with Gasteiger partial charge in [0.25, 0.3) is 0 Å². The van der Waals surface area contributed by atoms with Crippen molar-refractivity contribution in [2.24, 2.45) is 0 Å². The molecule has 0 aliphatic heterocycles. The molecule has 1 N–H and O–H groups in total. The van der Waals surface area contributed by atoms with Gasteiger partial charge in [0, 0.05) is 23.4 Å². The zero-order chi connectivity index (χ0) is 14.7. The number of halogens is 1. The van der Waals surface area contributed by atoms with Gasteiger partial charge in [-0.15, -0.1) is 0 Å². The molecule has 1 unspecified atom stereocenters. The van der Waals surface area contributed by atoms with Crippen molar-refractivity contribution in [2.75, 3.05) is 14.2 Å². The summed E-state index contributed by atoms with van der Waals surface area (Å²) in [4.78, 5) is 0. The highest BCUT2D eigenvalue weighted by Gasteiger charge is 2.28. The van der Waals surface area contributed by atoms with Crippen LogP contribution in [0.2, 0.25) is 0 Å². The van der Waals surface area contributed by atoms with Crippen LogP contribution >= 0.6 is 10.7 Å². The van der Waals surface area contributed by atoms with E-state index in [4.69, 9.17) is 15.4 Å². The van der Waals surface area contributed by atoms with E-state index < -0.39 is 30.3 Å². The van der Waals surface area contributed by atoms with Crippen molar-refractivity contribution in [3.05, 3.63) is 35.4 Å². The highest BCUT2D eigenvalue weighted by Crippen LogP contribution is 2.27. The second kappa shape index (κ2) is 6.19. The molecule has 0 spiro atoms. The summed E-state index contributed by atoms with van der Waals surface area (Å²) in [6, 6.07) is 6.17. The van der Waals surface area contributed by atoms with Gasteiger partial charge in [-0.3, -0.25) is 0 Å². The maximum atomic E-state index is 11.8. The molecule has 0 aromatic heterocycles. The summed E-state index contributed by atoms with van der Waals surface area (Å²) in [5, 5.41) is 0. The first-order valence-corrected chi connectivity index (χ1v) is 9.19. The van der Waals surface area contributed by atoms with Gasteiger partial charge in [0.1, 0.15) is 0 Å². The van der Waals surface area contributed by atoms with E-state index in [0.29, 0.717) is 0 Å². The molecular weight excluding hydrogens is 314 g/mol. The van der Waals surface area contributed by atoms with E-state index in [1.54, 1.807) is 12.1 Å². The van der Waals surface area contributed by atoms with Crippen molar-refractivity contribution in [3.63, 3.8) is 0 Å². The molecule has 1 rings (SSSR count). The van der Waals surface area contributed by atoms with Crippen LogP contribution in [-0.4, -0.2) is 31.0 Å². The fourth-order valence-corrected chi connectivity index (χ4v) is 3.63. The fourth-order valence-electron chi connectivity index (χ4n) is 1.61. The molecule has 0 fully saturated rings. The molecule has 0 heterocycles. The minimum Gasteiger partial charge on any atom is -0.359 e. The summed E-state index contributed by atoms with van der Waals surface area (Å²) in [5.74, 6) is -0.468. The van der Waals surface area contributed by atoms with E-state index >= 15 is 0 Å². The number of benzene rings is 1. The average molecular weight is 328 g/mol. The second-order valence-electron chi connectivity index (χ2n) is 3.70. The average Bonchev–Trinajstić information content (AvgIpc) is 2.30. The van der Waals surface area contributed by atoms with Crippen LogP contribution in [0.1, 0.15) is 16.6 Å². The molecule has 0 radical (unpaired) electrons. The van der Waals surface area contributed by atoms with Crippen LogP contribution in [0.3, 0.4) is 0 Å². The standard InChI is InChI=1S/C10H14ClNO5S2/c1-12-19(15,16)10(17-2)9-6-4-3-5-8(9)7-18(11,13)14/h3-6,10,12H,7H2,1-2H3. The van der Waals surface area contributed by atoms with Gasteiger partial charge in [0.2, 0.25) is 19.1 Å².